The first-order chi connectivity index (χ1) is 9.09. The van der Waals surface area contributed by atoms with E-state index in [4.69, 9.17) is 4.74 Å². The topological polar surface area (TPSA) is 62.1 Å². The van der Waals surface area contributed by atoms with Gasteiger partial charge in [0.05, 0.1) is 12.2 Å². The number of hydrogen-bond acceptors (Lipinski definition) is 3. The van der Waals surface area contributed by atoms with Gasteiger partial charge in [0.15, 0.2) is 0 Å². The molecule has 0 aromatic rings. The molecule has 0 saturated carbocycles. The molecule has 0 radical (unpaired) electrons. The van der Waals surface area contributed by atoms with Gasteiger partial charge in [-0.25, -0.2) is 0 Å². The summed E-state index contributed by atoms with van der Waals surface area (Å²) in [5.41, 5.74) is -0.841. The normalized spacial score (nSPS) is 23.1. The lowest BCUT2D eigenvalue weighted by Gasteiger charge is -2.26. The number of carbonyl (C=O) groups excluding carboxylic acids is 1. The quantitative estimate of drug-likeness (QED) is 0.770. The minimum absolute atomic E-state index is 0.0993. The van der Waals surface area contributed by atoms with Crippen LogP contribution in [0.2, 0.25) is 0 Å². The lowest BCUT2D eigenvalue weighted by atomic mass is 9.79. The van der Waals surface area contributed by atoms with Crippen molar-refractivity contribution in [3.8, 4) is 6.07 Å². The number of nitrogens with zero attached hydrogens (tertiary/aromatic N) is 1. The molecule has 2 unspecified atom stereocenters. The maximum atomic E-state index is 12.4. The molecule has 1 amide bonds. The molecule has 1 rings (SSSR count). The van der Waals surface area contributed by atoms with E-state index in [1.165, 1.54) is 0 Å². The zero-order valence-corrected chi connectivity index (χ0v) is 12.4. The highest BCUT2D eigenvalue weighted by molar-refractivity contribution is 5.85. The van der Waals surface area contributed by atoms with Gasteiger partial charge in [0.2, 0.25) is 5.91 Å². The van der Waals surface area contributed by atoms with Gasteiger partial charge in [0, 0.05) is 19.1 Å². The Morgan fingerprint density at radius 1 is 1.42 bits per heavy atom. The van der Waals surface area contributed by atoms with Gasteiger partial charge in [-0.3, -0.25) is 4.79 Å². The summed E-state index contributed by atoms with van der Waals surface area (Å²) in [5.74, 6) is 0.279. The average Bonchev–Trinajstić information content (AvgIpc) is 2.81. The molecule has 1 saturated heterocycles. The van der Waals surface area contributed by atoms with E-state index in [2.05, 4.69) is 11.4 Å². The largest absolute Gasteiger partial charge is 0.378 e. The summed E-state index contributed by atoms with van der Waals surface area (Å²) in [5, 5.41) is 12.4. The highest BCUT2D eigenvalue weighted by Crippen LogP contribution is 2.30. The van der Waals surface area contributed by atoms with Crippen molar-refractivity contribution in [3.63, 3.8) is 0 Å². The molecule has 0 aromatic heterocycles. The molecule has 19 heavy (non-hydrogen) atoms. The van der Waals surface area contributed by atoms with Crippen molar-refractivity contribution in [3.05, 3.63) is 0 Å². The number of carbonyl (C=O) groups is 1. The van der Waals surface area contributed by atoms with E-state index in [0.717, 1.165) is 25.9 Å². The van der Waals surface area contributed by atoms with Crippen molar-refractivity contribution in [2.75, 3.05) is 13.2 Å². The maximum absolute atomic E-state index is 12.4. The standard InChI is InChI=1S/C15H26N2O2/c1-4-7-15(11-16,8-5-2)14(18)17-10-13-6-9-19-12(13)3/h12-13H,4-10H2,1-3H3,(H,17,18). The Bertz CT molecular complexity index is 330. The van der Waals surface area contributed by atoms with Crippen molar-refractivity contribution >= 4 is 5.91 Å². The summed E-state index contributed by atoms with van der Waals surface area (Å²) in [6.45, 7) is 7.47. The van der Waals surface area contributed by atoms with E-state index in [1.807, 2.05) is 20.8 Å². The summed E-state index contributed by atoms with van der Waals surface area (Å²) in [6.07, 6.45) is 4.17. The van der Waals surface area contributed by atoms with Crippen LogP contribution in [-0.2, 0) is 9.53 Å². The van der Waals surface area contributed by atoms with Crippen LogP contribution in [0.4, 0.5) is 0 Å². The van der Waals surface area contributed by atoms with Crippen LogP contribution < -0.4 is 5.32 Å². The molecule has 1 N–H and O–H groups in total. The fourth-order valence-corrected chi connectivity index (χ4v) is 2.81. The number of nitrogens with one attached hydrogen (secondary N) is 1. The van der Waals surface area contributed by atoms with Crippen LogP contribution in [0.1, 0.15) is 52.9 Å². The summed E-state index contributed by atoms with van der Waals surface area (Å²) in [4.78, 5) is 12.4. The minimum Gasteiger partial charge on any atom is -0.378 e. The second-order valence-electron chi connectivity index (χ2n) is 5.53. The van der Waals surface area contributed by atoms with Crippen LogP contribution in [0.25, 0.3) is 0 Å². The minimum atomic E-state index is -0.841. The van der Waals surface area contributed by atoms with Crippen LogP contribution in [0.15, 0.2) is 0 Å². The van der Waals surface area contributed by atoms with Crippen molar-refractivity contribution in [2.24, 2.45) is 11.3 Å². The van der Waals surface area contributed by atoms with Gasteiger partial charge in [0.25, 0.3) is 0 Å². The van der Waals surface area contributed by atoms with Gasteiger partial charge >= 0.3 is 0 Å². The Morgan fingerprint density at radius 3 is 2.47 bits per heavy atom. The number of ether oxygens (including phenoxy) is 1. The summed E-state index contributed by atoms with van der Waals surface area (Å²) in [7, 11) is 0. The third-order valence-electron chi connectivity index (χ3n) is 4.06. The third kappa shape index (κ3) is 3.94. The van der Waals surface area contributed by atoms with E-state index in [-0.39, 0.29) is 12.0 Å². The van der Waals surface area contributed by atoms with Crippen LogP contribution in [0.3, 0.4) is 0 Å². The van der Waals surface area contributed by atoms with Gasteiger partial charge in [-0.1, -0.05) is 26.7 Å². The highest BCUT2D eigenvalue weighted by Gasteiger charge is 2.37. The molecule has 0 aromatic carbocycles. The third-order valence-corrected chi connectivity index (χ3v) is 4.06. The van der Waals surface area contributed by atoms with Gasteiger partial charge in [0.1, 0.15) is 5.41 Å². The van der Waals surface area contributed by atoms with Crippen molar-refractivity contribution in [1.82, 2.24) is 5.32 Å². The predicted octanol–water partition coefficient (Wildman–Crippen LogP) is 2.64. The fraction of sp³-hybridized carbons (Fsp3) is 0.867. The lowest BCUT2D eigenvalue weighted by Crippen LogP contribution is -2.42. The van der Waals surface area contributed by atoms with Gasteiger partial charge in [-0.15, -0.1) is 0 Å². The van der Waals surface area contributed by atoms with Crippen LogP contribution in [0.5, 0.6) is 0 Å². The predicted molar refractivity (Wildman–Crippen MR) is 74.4 cm³/mol. The molecule has 2 atom stereocenters. The molecule has 1 aliphatic rings. The Hall–Kier alpha value is -1.08. The second-order valence-corrected chi connectivity index (χ2v) is 5.53. The maximum Gasteiger partial charge on any atom is 0.240 e. The first kappa shape index (κ1) is 16.0. The van der Waals surface area contributed by atoms with E-state index in [9.17, 15) is 10.1 Å². The first-order valence-electron chi connectivity index (χ1n) is 7.40. The van der Waals surface area contributed by atoms with E-state index < -0.39 is 5.41 Å². The number of amides is 1. The van der Waals surface area contributed by atoms with Crippen LogP contribution in [0, 0.1) is 22.7 Å². The van der Waals surface area contributed by atoms with Crippen LogP contribution in [-0.4, -0.2) is 25.2 Å². The van der Waals surface area contributed by atoms with E-state index in [0.29, 0.717) is 25.3 Å². The first-order valence-corrected chi connectivity index (χ1v) is 7.40. The Kier molecular flexibility index (Phi) is 6.30. The van der Waals surface area contributed by atoms with Crippen molar-refractivity contribution in [2.45, 2.75) is 59.0 Å². The zero-order valence-electron chi connectivity index (χ0n) is 12.4. The Labute approximate surface area is 116 Å². The van der Waals surface area contributed by atoms with Gasteiger partial charge in [-0.05, 0) is 26.2 Å². The summed E-state index contributed by atoms with van der Waals surface area (Å²) in [6, 6.07) is 2.26. The zero-order chi connectivity index (χ0) is 14.3. The van der Waals surface area contributed by atoms with E-state index >= 15 is 0 Å². The van der Waals surface area contributed by atoms with E-state index in [1.54, 1.807) is 0 Å². The molecule has 0 bridgehead atoms. The lowest BCUT2D eigenvalue weighted by molar-refractivity contribution is -0.129. The number of nitriles is 1. The molecule has 0 aliphatic carbocycles. The molecule has 4 heteroatoms. The monoisotopic (exact) mass is 266 g/mol. The second kappa shape index (κ2) is 7.49. The molecular weight excluding hydrogens is 240 g/mol. The van der Waals surface area contributed by atoms with Crippen molar-refractivity contribution in [1.29, 1.82) is 5.26 Å². The average molecular weight is 266 g/mol. The van der Waals surface area contributed by atoms with Crippen molar-refractivity contribution < 1.29 is 9.53 Å². The molecule has 4 nitrogen and oxygen atoms in total. The summed E-state index contributed by atoms with van der Waals surface area (Å²) < 4.78 is 5.49. The van der Waals surface area contributed by atoms with Crippen LogP contribution >= 0.6 is 0 Å². The molecule has 1 heterocycles. The molecule has 1 fully saturated rings. The Balaban J connectivity index is 2.59. The van der Waals surface area contributed by atoms with Gasteiger partial charge in [-0.2, -0.15) is 5.26 Å². The molecular formula is C15H26N2O2. The summed E-state index contributed by atoms with van der Waals surface area (Å²) >= 11 is 0. The smallest absolute Gasteiger partial charge is 0.240 e. The Morgan fingerprint density at radius 2 is 2.05 bits per heavy atom. The fourth-order valence-electron chi connectivity index (χ4n) is 2.81. The molecule has 0 spiro atoms. The molecule has 1 aliphatic heterocycles. The number of rotatable bonds is 7. The SMILES string of the molecule is CCCC(C#N)(CCC)C(=O)NCC1CCOC1C. The molecule has 108 valence electrons. The van der Waals surface area contributed by atoms with Gasteiger partial charge < -0.3 is 10.1 Å². The number of hydrogen-bond donors (Lipinski definition) is 1. The highest BCUT2D eigenvalue weighted by atomic mass is 16.5.